The Kier molecular flexibility index (Phi) is 6.91. The summed E-state index contributed by atoms with van der Waals surface area (Å²) < 4.78 is 58.8. The average Bonchev–Trinajstić information content (AvgIpc) is 2.80. The minimum absolute atomic E-state index is 0.0792. The van der Waals surface area contributed by atoms with Crippen molar-refractivity contribution in [2.24, 2.45) is 12.0 Å². The number of likely N-dealkylation sites (tertiary alicyclic amines) is 1. The van der Waals surface area contributed by atoms with Crippen molar-refractivity contribution in [2.75, 3.05) is 6.54 Å². The number of carbonyl (C=O) groups is 1. The van der Waals surface area contributed by atoms with Crippen LogP contribution in [0.1, 0.15) is 74.8 Å². The lowest BCUT2D eigenvalue weighted by molar-refractivity contribution is -0.141. The Hall–Kier alpha value is -3.30. The molecule has 6 nitrogen and oxygen atoms in total. The summed E-state index contributed by atoms with van der Waals surface area (Å²) in [6, 6.07) is 5.08. The van der Waals surface area contributed by atoms with Crippen LogP contribution in [-0.2, 0) is 23.7 Å². The third-order valence-electron chi connectivity index (χ3n) is 7.70. The van der Waals surface area contributed by atoms with Crippen LogP contribution in [0, 0.1) is 13.8 Å². The van der Waals surface area contributed by atoms with Crippen LogP contribution in [0.3, 0.4) is 0 Å². The maximum atomic E-state index is 16.4. The Morgan fingerprint density at radius 2 is 1.89 bits per heavy atom. The highest BCUT2D eigenvalue weighted by molar-refractivity contribution is 5.78. The highest BCUT2D eigenvalue weighted by atomic mass is 19.4. The lowest BCUT2D eigenvalue weighted by atomic mass is 9.78. The number of aryl methyl sites for hydroxylation is 2. The van der Waals surface area contributed by atoms with E-state index in [-0.39, 0.29) is 36.6 Å². The molecule has 4 rings (SSSR count). The number of hydrogen-bond acceptors (Lipinski definition) is 4. The first kappa shape index (κ1) is 27.7. The molecule has 1 aliphatic rings. The van der Waals surface area contributed by atoms with Crippen LogP contribution in [0.4, 0.5) is 17.6 Å². The van der Waals surface area contributed by atoms with E-state index in [9.17, 15) is 18.0 Å². The van der Waals surface area contributed by atoms with Crippen LogP contribution in [0.2, 0.25) is 0 Å². The summed E-state index contributed by atoms with van der Waals surface area (Å²) in [6.07, 6.45) is -2.70. The Morgan fingerprint density at radius 1 is 1.21 bits per heavy atom. The van der Waals surface area contributed by atoms with Crippen molar-refractivity contribution in [1.82, 2.24) is 19.4 Å². The van der Waals surface area contributed by atoms with Crippen molar-refractivity contribution in [2.45, 2.75) is 77.8 Å². The summed E-state index contributed by atoms with van der Waals surface area (Å²) >= 11 is 0. The minimum atomic E-state index is -4.47. The molecule has 1 aliphatic heterocycles. The summed E-state index contributed by atoms with van der Waals surface area (Å²) in [6.45, 7) is 10.4. The van der Waals surface area contributed by atoms with Crippen molar-refractivity contribution in [1.29, 1.82) is 0 Å². The molecular weight excluding hydrogens is 498 g/mol. The van der Waals surface area contributed by atoms with Gasteiger partial charge in [-0.25, -0.2) is 9.37 Å². The normalized spacial score (nSPS) is 21.1. The molecule has 1 saturated heterocycles. The number of halogens is 4. The summed E-state index contributed by atoms with van der Waals surface area (Å²) in [5.41, 5.74) is -1.40. The maximum Gasteiger partial charge on any atom is 0.416 e. The molecule has 3 aromatic rings. The fourth-order valence-electron chi connectivity index (χ4n) is 5.63. The van der Waals surface area contributed by atoms with E-state index in [1.165, 1.54) is 19.9 Å². The Morgan fingerprint density at radius 3 is 2.50 bits per heavy atom. The molecule has 0 radical (unpaired) electrons. The summed E-state index contributed by atoms with van der Waals surface area (Å²) in [4.78, 5) is 27.6. The quantitative estimate of drug-likeness (QED) is 0.398. The molecular formula is C28H33F4N5O. The van der Waals surface area contributed by atoms with E-state index in [0.717, 1.165) is 6.07 Å². The molecule has 2 aromatic heterocycles. The molecule has 204 valence electrons. The molecule has 3 heterocycles. The molecule has 10 heteroatoms. The van der Waals surface area contributed by atoms with Gasteiger partial charge in [0, 0.05) is 44.3 Å². The predicted octanol–water partition coefficient (Wildman–Crippen LogP) is 5.85. The monoisotopic (exact) mass is 531 g/mol. The van der Waals surface area contributed by atoms with Crippen molar-refractivity contribution < 1.29 is 22.4 Å². The number of aromatic nitrogens is 3. The van der Waals surface area contributed by atoms with Gasteiger partial charge in [-0.2, -0.15) is 13.2 Å². The molecule has 1 amide bonds. The average molecular weight is 532 g/mol. The predicted molar refractivity (Wildman–Crippen MR) is 137 cm³/mol. The first-order chi connectivity index (χ1) is 17.5. The number of hydrogen-bond donors (Lipinski definition) is 0. The second-order valence-corrected chi connectivity index (χ2v) is 10.8. The fraction of sp³-hybridized carbons (Fsp3) is 0.500. The molecule has 2 atom stereocenters. The van der Waals surface area contributed by atoms with Gasteiger partial charge in [0.15, 0.2) is 11.2 Å². The molecule has 1 aromatic carbocycles. The van der Waals surface area contributed by atoms with Gasteiger partial charge >= 0.3 is 6.18 Å². The van der Waals surface area contributed by atoms with E-state index in [1.807, 2.05) is 25.5 Å². The van der Waals surface area contributed by atoms with Crippen LogP contribution in [-0.4, -0.2) is 37.4 Å². The Balaban J connectivity index is 1.85. The van der Waals surface area contributed by atoms with E-state index in [1.54, 1.807) is 37.1 Å². The third-order valence-corrected chi connectivity index (χ3v) is 7.70. The summed E-state index contributed by atoms with van der Waals surface area (Å²) in [7, 11) is 1.82. The number of rotatable bonds is 3. The van der Waals surface area contributed by atoms with E-state index >= 15 is 4.39 Å². The zero-order valence-electron chi connectivity index (χ0n) is 22.7. The van der Waals surface area contributed by atoms with Gasteiger partial charge in [-0.15, -0.1) is 0 Å². The van der Waals surface area contributed by atoms with Crippen LogP contribution in [0.25, 0.3) is 10.9 Å². The van der Waals surface area contributed by atoms with E-state index in [2.05, 4.69) is 9.97 Å². The molecule has 0 saturated carbocycles. The summed E-state index contributed by atoms with van der Waals surface area (Å²) in [5.74, 6) is 0.528. The number of amides is 1. The lowest BCUT2D eigenvalue weighted by Gasteiger charge is -2.47. The molecule has 1 unspecified atom stereocenters. The van der Waals surface area contributed by atoms with Gasteiger partial charge in [0.1, 0.15) is 5.82 Å². The van der Waals surface area contributed by atoms with Crippen molar-refractivity contribution in [3.05, 3.63) is 64.2 Å². The zero-order valence-corrected chi connectivity index (χ0v) is 22.7. The second-order valence-electron chi connectivity index (χ2n) is 10.8. The number of piperidine rings is 1. The first-order valence-corrected chi connectivity index (χ1v) is 12.6. The molecule has 0 aliphatic carbocycles. The molecule has 38 heavy (non-hydrogen) atoms. The maximum absolute atomic E-state index is 16.4. The van der Waals surface area contributed by atoms with Gasteiger partial charge in [0.25, 0.3) is 0 Å². The summed E-state index contributed by atoms with van der Waals surface area (Å²) in [5, 5.41) is 0.559. The topological polar surface area (TPSA) is 63.4 Å². The number of alkyl halides is 4. The van der Waals surface area contributed by atoms with Crippen molar-refractivity contribution in [3.8, 4) is 0 Å². The SMILES string of the molecule is CC(=O)N1CCC(F)(c2cc3c(=N[C@H](C)c4cccc(C(F)(F)F)c4C)nc(C)n(C)c3cn2)CC1(C)C. The van der Waals surface area contributed by atoms with Crippen molar-refractivity contribution >= 4 is 16.8 Å². The van der Waals surface area contributed by atoms with E-state index < -0.39 is 29.0 Å². The highest BCUT2D eigenvalue weighted by Crippen LogP contribution is 2.43. The van der Waals surface area contributed by atoms with Gasteiger partial charge in [0.05, 0.1) is 29.0 Å². The molecule has 0 bridgehead atoms. The molecule has 0 spiro atoms. The van der Waals surface area contributed by atoms with E-state index in [4.69, 9.17) is 4.99 Å². The van der Waals surface area contributed by atoms with Crippen molar-refractivity contribution in [3.63, 3.8) is 0 Å². The molecule has 1 fully saturated rings. The van der Waals surface area contributed by atoms with Gasteiger partial charge in [-0.1, -0.05) is 12.1 Å². The minimum Gasteiger partial charge on any atom is -0.338 e. The van der Waals surface area contributed by atoms with Gasteiger partial charge in [-0.05, 0) is 57.9 Å². The van der Waals surface area contributed by atoms with E-state index in [0.29, 0.717) is 27.8 Å². The van der Waals surface area contributed by atoms with Crippen LogP contribution in [0.5, 0.6) is 0 Å². The third kappa shape index (κ3) is 4.92. The largest absolute Gasteiger partial charge is 0.416 e. The standard InChI is InChI=1S/C28H33F4N5O/c1-16-20(9-8-10-22(16)28(30,31)32)17(2)34-25-21-13-24(33-14-23(21)36(7)18(3)35-25)27(29)11-12-37(19(4)38)26(5,6)15-27/h8-10,13-14,17H,11-12,15H2,1-7H3/t17-,27?/m1/s1. The molecule has 0 N–H and O–H groups in total. The fourth-order valence-corrected chi connectivity index (χ4v) is 5.63. The van der Waals surface area contributed by atoms with Gasteiger partial charge in [0.2, 0.25) is 5.91 Å². The number of carbonyl (C=O) groups excluding carboxylic acids is 1. The highest BCUT2D eigenvalue weighted by Gasteiger charge is 2.47. The smallest absolute Gasteiger partial charge is 0.338 e. The van der Waals surface area contributed by atoms with Crippen LogP contribution < -0.4 is 5.49 Å². The van der Waals surface area contributed by atoms with Gasteiger partial charge in [-0.3, -0.25) is 14.8 Å². The van der Waals surface area contributed by atoms with Crippen LogP contribution >= 0.6 is 0 Å². The lowest BCUT2D eigenvalue weighted by Crippen LogP contribution is -2.55. The van der Waals surface area contributed by atoms with Crippen LogP contribution in [0.15, 0.2) is 35.5 Å². The number of nitrogens with zero attached hydrogens (tertiary/aromatic N) is 5. The number of pyridine rings is 1. The zero-order chi connectivity index (χ0) is 28.2. The number of fused-ring (bicyclic) bond motifs is 1. The number of benzene rings is 1. The first-order valence-electron chi connectivity index (χ1n) is 12.6. The Labute approximate surface area is 219 Å². The van der Waals surface area contributed by atoms with Gasteiger partial charge < -0.3 is 9.47 Å². The Bertz CT molecular complexity index is 1480. The second kappa shape index (κ2) is 9.47.